The second kappa shape index (κ2) is 9.64. The number of benzene rings is 1. The largest absolute Gasteiger partial charge is 0.431 e. The van der Waals surface area contributed by atoms with Crippen molar-refractivity contribution in [1.29, 1.82) is 0 Å². The molecule has 2 rings (SSSR count). The van der Waals surface area contributed by atoms with E-state index in [4.69, 9.17) is 9.47 Å². The third kappa shape index (κ3) is 5.49. The summed E-state index contributed by atoms with van der Waals surface area (Å²) >= 11 is 0. The molecule has 27 heavy (non-hydrogen) atoms. The Morgan fingerprint density at radius 3 is 2.56 bits per heavy atom. The van der Waals surface area contributed by atoms with Crippen LogP contribution in [0.15, 0.2) is 55.3 Å². The van der Waals surface area contributed by atoms with E-state index in [0.717, 1.165) is 10.5 Å². The Bertz CT molecular complexity index is 750. The highest BCUT2D eigenvalue weighted by Crippen LogP contribution is 2.20. The zero-order chi connectivity index (χ0) is 19.8. The number of amides is 2. The van der Waals surface area contributed by atoms with Gasteiger partial charge in [0, 0.05) is 6.54 Å². The van der Waals surface area contributed by atoms with E-state index >= 15 is 0 Å². The highest BCUT2D eigenvalue weighted by Gasteiger charge is 2.30. The van der Waals surface area contributed by atoms with Gasteiger partial charge in [-0.1, -0.05) is 43.9 Å². The molecule has 1 aliphatic heterocycles. The normalized spacial score (nSPS) is 19.6. The molecular formula is C21H23NO5. The van der Waals surface area contributed by atoms with Gasteiger partial charge in [-0.3, -0.25) is 14.5 Å². The number of rotatable bonds is 8. The van der Waals surface area contributed by atoms with E-state index in [9.17, 15) is 14.4 Å². The maximum atomic E-state index is 12.4. The molecule has 0 fully saturated rings. The van der Waals surface area contributed by atoms with Crippen LogP contribution in [0.25, 0.3) is 6.08 Å². The van der Waals surface area contributed by atoms with Crippen molar-refractivity contribution in [2.75, 3.05) is 6.54 Å². The van der Waals surface area contributed by atoms with Crippen LogP contribution in [0.4, 0.5) is 0 Å². The fourth-order valence-electron chi connectivity index (χ4n) is 2.57. The van der Waals surface area contributed by atoms with Crippen LogP contribution in [0.3, 0.4) is 0 Å². The van der Waals surface area contributed by atoms with Crippen molar-refractivity contribution in [3.05, 3.63) is 66.5 Å². The molecule has 142 valence electrons. The van der Waals surface area contributed by atoms with Crippen LogP contribution < -0.4 is 0 Å². The molecule has 3 atom stereocenters. The summed E-state index contributed by atoms with van der Waals surface area (Å²) in [5, 5.41) is 0. The Morgan fingerprint density at radius 1 is 1.30 bits per heavy atom. The number of hydrogen-bond acceptors (Lipinski definition) is 5. The lowest BCUT2D eigenvalue weighted by molar-refractivity contribution is -0.143. The van der Waals surface area contributed by atoms with Crippen molar-refractivity contribution in [2.24, 2.45) is 5.92 Å². The van der Waals surface area contributed by atoms with Gasteiger partial charge in [-0.05, 0) is 30.7 Å². The molecule has 1 heterocycles. The minimum absolute atomic E-state index is 0.00133. The van der Waals surface area contributed by atoms with Gasteiger partial charge in [0.1, 0.15) is 0 Å². The molecule has 0 aliphatic carbocycles. The Kier molecular flexibility index (Phi) is 7.25. The SMILES string of the molecule is C=Cc1ccc(C(=O)O/C=C/CN(C=O)C(=O)C(C)C2C=CC(C)O2)cc1. The summed E-state index contributed by atoms with van der Waals surface area (Å²) in [6.45, 7) is 7.24. The van der Waals surface area contributed by atoms with Crippen molar-refractivity contribution in [3.8, 4) is 0 Å². The number of imide groups is 1. The number of carbonyl (C=O) groups excluding carboxylic acids is 3. The van der Waals surface area contributed by atoms with Gasteiger partial charge in [-0.25, -0.2) is 4.79 Å². The molecule has 0 spiro atoms. The number of ether oxygens (including phenoxy) is 2. The van der Waals surface area contributed by atoms with Gasteiger partial charge in [0.15, 0.2) is 0 Å². The maximum Gasteiger partial charge on any atom is 0.342 e. The minimum Gasteiger partial charge on any atom is -0.431 e. The average Bonchev–Trinajstić information content (AvgIpc) is 3.13. The van der Waals surface area contributed by atoms with E-state index in [0.29, 0.717) is 12.0 Å². The van der Waals surface area contributed by atoms with E-state index in [-0.39, 0.29) is 24.7 Å². The van der Waals surface area contributed by atoms with E-state index < -0.39 is 11.9 Å². The molecule has 1 aliphatic rings. The van der Waals surface area contributed by atoms with Gasteiger partial charge in [0.05, 0.1) is 30.0 Å². The van der Waals surface area contributed by atoms with Crippen LogP contribution in [0, 0.1) is 5.92 Å². The van der Waals surface area contributed by atoms with E-state index in [2.05, 4.69) is 6.58 Å². The van der Waals surface area contributed by atoms with Crippen molar-refractivity contribution < 1.29 is 23.9 Å². The van der Waals surface area contributed by atoms with Gasteiger partial charge in [-0.2, -0.15) is 0 Å². The van der Waals surface area contributed by atoms with Crippen LogP contribution in [-0.2, 0) is 19.1 Å². The highest BCUT2D eigenvalue weighted by atomic mass is 16.5. The Balaban J connectivity index is 1.86. The molecule has 0 N–H and O–H groups in total. The number of carbonyl (C=O) groups is 3. The molecule has 3 unspecified atom stereocenters. The molecule has 6 nitrogen and oxygen atoms in total. The smallest absolute Gasteiger partial charge is 0.342 e. The monoisotopic (exact) mass is 369 g/mol. The average molecular weight is 369 g/mol. The summed E-state index contributed by atoms with van der Waals surface area (Å²) in [6, 6.07) is 6.77. The van der Waals surface area contributed by atoms with E-state index in [1.165, 1.54) is 12.3 Å². The van der Waals surface area contributed by atoms with Crippen molar-refractivity contribution >= 4 is 24.4 Å². The van der Waals surface area contributed by atoms with Crippen LogP contribution in [-0.4, -0.2) is 41.9 Å². The van der Waals surface area contributed by atoms with Gasteiger partial charge in [0.2, 0.25) is 12.3 Å². The van der Waals surface area contributed by atoms with Crippen LogP contribution >= 0.6 is 0 Å². The Hall–Kier alpha value is -2.99. The number of hydrogen-bond donors (Lipinski definition) is 0. The second-order valence-corrected chi connectivity index (χ2v) is 6.18. The molecule has 1 aromatic rings. The summed E-state index contributed by atoms with van der Waals surface area (Å²) in [6.07, 6.45) is 8.04. The lowest BCUT2D eigenvalue weighted by atomic mass is 10.0. The standard InChI is InChI=1S/C21H23NO5/c1-4-17-7-9-18(10-8-17)21(25)26-13-5-12-22(14-23)20(24)16(3)19-11-6-15(2)27-19/h4-11,13-16,19H,1,12H2,2-3H3/b13-5+. The summed E-state index contributed by atoms with van der Waals surface area (Å²) in [5.74, 6) is -1.38. The molecule has 0 aromatic heterocycles. The summed E-state index contributed by atoms with van der Waals surface area (Å²) in [4.78, 5) is 36.6. The third-order valence-electron chi connectivity index (χ3n) is 4.19. The van der Waals surface area contributed by atoms with Gasteiger partial charge in [-0.15, -0.1) is 0 Å². The quantitative estimate of drug-likeness (QED) is 0.305. The van der Waals surface area contributed by atoms with Crippen molar-refractivity contribution in [2.45, 2.75) is 26.1 Å². The first-order chi connectivity index (χ1) is 13.0. The molecule has 0 radical (unpaired) electrons. The van der Waals surface area contributed by atoms with E-state index in [1.54, 1.807) is 37.3 Å². The van der Waals surface area contributed by atoms with Gasteiger partial charge >= 0.3 is 5.97 Å². The van der Waals surface area contributed by atoms with Crippen LogP contribution in [0.1, 0.15) is 29.8 Å². The lowest BCUT2D eigenvalue weighted by Gasteiger charge is -2.22. The van der Waals surface area contributed by atoms with Crippen molar-refractivity contribution in [3.63, 3.8) is 0 Å². The molecule has 0 saturated carbocycles. The topological polar surface area (TPSA) is 72.9 Å². The minimum atomic E-state index is -0.530. The Morgan fingerprint density at radius 2 is 2.00 bits per heavy atom. The van der Waals surface area contributed by atoms with Crippen molar-refractivity contribution in [1.82, 2.24) is 4.90 Å². The first-order valence-electron chi connectivity index (χ1n) is 8.64. The lowest BCUT2D eigenvalue weighted by Crippen LogP contribution is -2.39. The van der Waals surface area contributed by atoms with E-state index in [1.807, 2.05) is 19.1 Å². The predicted molar refractivity (Wildman–Crippen MR) is 102 cm³/mol. The third-order valence-corrected chi connectivity index (χ3v) is 4.19. The Labute approximate surface area is 158 Å². The maximum absolute atomic E-state index is 12.4. The fraction of sp³-hybridized carbons (Fsp3) is 0.286. The first-order valence-corrected chi connectivity index (χ1v) is 8.64. The molecule has 0 bridgehead atoms. The molecule has 1 aromatic carbocycles. The zero-order valence-electron chi connectivity index (χ0n) is 15.4. The summed E-state index contributed by atoms with van der Waals surface area (Å²) < 4.78 is 10.6. The van der Waals surface area contributed by atoms with Crippen LogP contribution in [0.5, 0.6) is 0 Å². The number of nitrogens with zero attached hydrogens (tertiary/aromatic N) is 1. The molecule has 0 saturated heterocycles. The number of esters is 1. The fourth-order valence-corrected chi connectivity index (χ4v) is 2.57. The second-order valence-electron chi connectivity index (χ2n) is 6.18. The predicted octanol–water partition coefficient (Wildman–Crippen LogP) is 2.96. The van der Waals surface area contributed by atoms with Crippen LogP contribution in [0.2, 0.25) is 0 Å². The summed E-state index contributed by atoms with van der Waals surface area (Å²) in [7, 11) is 0. The molecular weight excluding hydrogens is 346 g/mol. The van der Waals surface area contributed by atoms with Gasteiger partial charge in [0.25, 0.3) is 0 Å². The zero-order valence-corrected chi connectivity index (χ0v) is 15.4. The molecule has 6 heteroatoms. The molecule has 2 amide bonds. The first kappa shape index (κ1) is 20.3. The summed E-state index contributed by atoms with van der Waals surface area (Å²) in [5.41, 5.74) is 1.29. The highest BCUT2D eigenvalue weighted by molar-refractivity contribution is 5.90. The van der Waals surface area contributed by atoms with Gasteiger partial charge < -0.3 is 9.47 Å².